The SMILES string of the molecule is COc1ccc(-c2ccc(C(=O)NC[C@@]3(O)CCNC3)o2)cc1. The maximum Gasteiger partial charge on any atom is 0.287 e. The van der Waals surface area contributed by atoms with E-state index in [2.05, 4.69) is 10.6 Å². The first-order chi connectivity index (χ1) is 11.1. The van der Waals surface area contributed by atoms with Gasteiger partial charge in [0.05, 0.1) is 12.7 Å². The fraction of sp³-hybridized carbons (Fsp3) is 0.353. The molecule has 1 atom stereocenters. The minimum absolute atomic E-state index is 0.206. The first-order valence-corrected chi connectivity index (χ1v) is 7.55. The van der Waals surface area contributed by atoms with Gasteiger partial charge in [-0.3, -0.25) is 4.79 Å². The lowest BCUT2D eigenvalue weighted by molar-refractivity contribution is 0.0554. The molecule has 2 heterocycles. The Bertz CT molecular complexity index is 672. The highest BCUT2D eigenvalue weighted by atomic mass is 16.5. The van der Waals surface area contributed by atoms with Crippen molar-refractivity contribution in [2.75, 3.05) is 26.7 Å². The zero-order chi connectivity index (χ0) is 16.3. The monoisotopic (exact) mass is 316 g/mol. The number of hydrogen-bond acceptors (Lipinski definition) is 5. The first kappa shape index (κ1) is 15.6. The Balaban J connectivity index is 1.64. The van der Waals surface area contributed by atoms with Crippen LogP contribution in [0.15, 0.2) is 40.8 Å². The molecule has 3 N–H and O–H groups in total. The van der Waals surface area contributed by atoms with Gasteiger partial charge < -0.3 is 24.9 Å². The van der Waals surface area contributed by atoms with Gasteiger partial charge in [-0.15, -0.1) is 0 Å². The van der Waals surface area contributed by atoms with Crippen molar-refractivity contribution >= 4 is 5.91 Å². The number of methoxy groups -OCH3 is 1. The number of furan rings is 1. The van der Waals surface area contributed by atoms with E-state index in [1.54, 1.807) is 19.2 Å². The highest BCUT2D eigenvalue weighted by Crippen LogP contribution is 2.24. The van der Waals surface area contributed by atoms with E-state index in [1.165, 1.54) is 0 Å². The predicted molar refractivity (Wildman–Crippen MR) is 85.5 cm³/mol. The molecule has 1 aromatic heterocycles. The number of aliphatic hydroxyl groups is 1. The van der Waals surface area contributed by atoms with E-state index >= 15 is 0 Å². The van der Waals surface area contributed by atoms with Gasteiger partial charge >= 0.3 is 0 Å². The van der Waals surface area contributed by atoms with Gasteiger partial charge in [-0.25, -0.2) is 0 Å². The van der Waals surface area contributed by atoms with Gasteiger partial charge in [0, 0.05) is 18.7 Å². The van der Waals surface area contributed by atoms with E-state index in [-0.39, 0.29) is 18.2 Å². The van der Waals surface area contributed by atoms with Crippen LogP contribution >= 0.6 is 0 Å². The molecule has 3 rings (SSSR count). The molecule has 0 unspecified atom stereocenters. The minimum Gasteiger partial charge on any atom is -0.497 e. The summed E-state index contributed by atoms with van der Waals surface area (Å²) in [6, 6.07) is 10.8. The van der Waals surface area contributed by atoms with Gasteiger partial charge in [-0.05, 0) is 49.4 Å². The summed E-state index contributed by atoms with van der Waals surface area (Å²) in [5, 5.41) is 16.0. The molecule has 6 nitrogen and oxygen atoms in total. The number of benzene rings is 1. The molecule has 122 valence electrons. The van der Waals surface area contributed by atoms with Crippen LogP contribution in [-0.2, 0) is 0 Å². The number of nitrogens with one attached hydrogen (secondary N) is 2. The van der Waals surface area contributed by atoms with Crippen LogP contribution < -0.4 is 15.4 Å². The maximum atomic E-state index is 12.1. The summed E-state index contributed by atoms with van der Waals surface area (Å²) in [6.07, 6.45) is 0.628. The Morgan fingerprint density at radius 2 is 2.13 bits per heavy atom. The fourth-order valence-corrected chi connectivity index (χ4v) is 2.58. The van der Waals surface area contributed by atoms with Crippen LogP contribution in [0.4, 0.5) is 0 Å². The van der Waals surface area contributed by atoms with Crippen molar-refractivity contribution in [2.24, 2.45) is 0 Å². The van der Waals surface area contributed by atoms with Crippen LogP contribution in [-0.4, -0.2) is 43.4 Å². The van der Waals surface area contributed by atoms with E-state index in [0.29, 0.717) is 18.7 Å². The average Bonchev–Trinajstić information content (AvgIpc) is 3.23. The van der Waals surface area contributed by atoms with Gasteiger partial charge in [-0.2, -0.15) is 0 Å². The van der Waals surface area contributed by atoms with Crippen molar-refractivity contribution in [3.8, 4) is 17.1 Å². The highest BCUT2D eigenvalue weighted by Gasteiger charge is 2.31. The third-order valence-electron chi connectivity index (χ3n) is 4.00. The fourth-order valence-electron chi connectivity index (χ4n) is 2.58. The van der Waals surface area contributed by atoms with Gasteiger partial charge in [0.15, 0.2) is 5.76 Å². The number of hydrogen-bond donors (Lipinski definition) is 3. The molecule has 23 heavy (non-hydrogen) atoms. The van der Waals surface area contributed by atoms with Crippen molar-refractivity contribution in [2.45, 2.75) is 12.0 Å². The van der Waals surface area contributed by atoms with Crippen molar-refractivity contribution in [3.63, 3.8) is 0 Å². The summed E-state index contributed by atoms with van der Waals surface area (Å²) in [5.41, 5.74) is -0.00962. The second-order valence-corrected chi connectivity index (χ2v) is 5.73. The minimum atomic E-state index is -0.874. The van der Waals surface area contributed by atoms with Crippen molar-refractivity contribution in [3.05, 3.63) is 42.2 Å². The van der Waals surface area contributed by atoms with Gasteiger partial charge in [0.2, 0.25) is 0 Å². The molecule has 6 heteroatoms. The summed E-state index contributed by atoms with van der Waals surface area (Å²) < 4.78 is 10.7. The summed E-state index contributed by atoms with van der Waals surface area (Å²) in [7, 11) is 1.61. The van der Waals surface area contributed by atoms with Crippen LogP contribution in [0.2, 0.25) is 0 Å². The van der Waals surface area contributed by atoms with Gasteiger partial charge in [-0.1, -0.05) is 0 Å². The lowest BCUT2D eigenvalue weighted by Gasteiger charge is -2.21. The number of ether oxygens (including phenoxy) is 1. The Kier molecular flexibility index (Phi) is 4.36. The van der Waals surface area contributed by atoms with Crippen LogP contribution in [0.1, 0.15) is 17.0 Å². The number of rotatable bonds is 5. The summed E-state index contributed by atoms with van der Waals surface area (Å²) in [5.74, 6) is 1.27. The molecule has 0 spiro atoms. The number of amides is 1. The first-order valence-electron chi connectivity index (χ1n) is 7.55. The van der Waals surface area contributed by atoms with E-state index in [9.17, 15) is 9.90 Å². The number of carbonyl (C=O) groups excluding carboxylic acids is 1. The molecule has 1 aliphatic heterocycles. The molecule has 0 bridgehead atoms. The average molecular weight is 316 g/mol. The van der Waals surface area contributed by atoms with Crippen LogP contribution in [0.3, 0.4) is 0 Å². The Hall–Kier alpha value is -2.31. The third-order valence-corrected chi connectivity index (χ3v) is 4.00. The van der Waals surface area contributed by atoms with Crippen LogP contribution in [0.5, 0.6) is 5.75 Å². The van der Waals surface area contributed by atoms with E-state index in [0.717, 1.165) is 17.9 Å². The van der Waals surface area contributed by atoms with E-state index in [1.807, 2.05) is 24.3 Å². The molecule has 1 aliphatic rings. The maximum absolute atomic E-state index is 12.1. The van der Waals surface area contributed by atoms with Crippen molar-refractivity contribution < 1.29 is 19.1 Å². The lowest BCUT2D eigenvalue weighted by Crippen LogP contribution is -2.44. The number of β-amino-alcohol motifs (C(OH)–C–C–N with tert-alkyl or cyclic N) is 1. The molecular formula is C17H20N2O4. The molecular weight excluding hydrogens is 296 g/mol. The van der Waals surface area contributed by atoms with E-state index < -0.39 is 5.60 Å². The second kappa shape index (κ2) is 6.44. The van der Waals surface area contributed by atoms with Crippen LogP contribution in [0, 0.1) is 0 Å². The van der Waals surface area contributed by atoms with Gasteiger partial charge in [0.1, 0.15) is 11.5 Å². The Labute approximate surface area is 134 Å². The van der Waals surface area contributed by atoms with Crippen LogP contribution in [0.25, 0.3) is 11.3 Å². The molecule has 2 aromatic rings. The summed E-state index contributed by atoms with van der Waals surface area (Å²) in [4.78, 5) is 12.1. The quantitative estimate of drug-likeness (QED) is 0.777. The largest absolute Gasteiger partial charge is 0.497 e. The summed E-state index contributed by atoms with van der Waals surface area (Å²) >= 11 is 0. The molecule has 0 aliphatic carbocycles. The Morgan fingerprint density at radius 1 is 1.35 bits per heavy atom. The topological polar surface area (TPSA) is 83.7 Å². The van der Waals surface area contributed by atoms with Gasteiger partial charge in [0.25, 0.3) is 5.91 Å². The zero-order valence-corrected chi connectivity index (χ0v) is 13.0. The Morgan fingerprint density at radius 3 is 2.78 bits per heavy atom. The van der Waals surface area contributed by atoms with Crippen molar-refractivity contribution in [1.29, 1.82) is 0 Å². The number of carbonyl (C=O) groups is 1. The normalized spacial score (nSPS) is 20.4. The molecule has 1 fully saturated rings. The smallest absolute Gasteiger partial charge is 0.287 e. The molecule has 0 radical (unpaired) electrons. The highest BCUT2D eigenvalue weighted by molar-refractivity contribution is 5.92. The molecule has 0 saturated carbocycles. The molecule has 1 amide bonds. The van der Waals surface area contributed by atoms with Crippen molar-refractivity contribution in [1.82, 2.24) is 10.6 Å². The molecule has 1 aromatic carbocycles. The zero-order valence-electron chi connectivity index (χ0n) is 13.0. The third kappa shape index (κ3) is 3.55. The summed E-state index contributed by atoms with van der Waals surface area (Å²) in [6.45, 7) is 1.45. The second-order valence-electron chi connectivity index (χ2n) is 5.73. The molecule has 1 saturated heterocycles. The standard InChI is InChI=1S/C17H20N2O4/c1-22-13-4-2-12(3-5-13)14-6-7-15(23-14)16(20)19-11-17(21)8-9-18-10-17/h2-7,18,21H,8-11H2,1H3,(H,19,20)/t17-/m1/s1. The lowest BCUT2D eigenvalue weighted by atomic mass is 10.0. The van der Waals surface area contributed by atoms with E-state index in [4.69, 9.17) is 9.15 Å². The predicted octanol–water partition coefficient (Wildman–Crippen LogP) is 1.41.